The van der Waals surface area contributed by atoms with Crippen LogP contribution in [0.2, 0.25) is 0 Å². The van der Waals surface area contributed by atoms with Crippen LogP contribution in [-0.4, -0.2) is 6.10 Å². The molecule has 0 spiro atoms. The molecule has 0 bridgehead atoms. The van der Waals surface area contributed by atoms with Crippen LogP contribution in [0.1, 0.15) is 47.9 Å². The number of alkyl halides is 1. The second kappa shape index (κ2) is 6.11. The van der Waals surface area contributed by atoms with Crippen molar-refractivity contribution in [2.24, 2.45) is 0 Å². The minimum absolute atomic E-state index is 0.0935. The molecule has 21 heavy (non-hydrogen) atoms. The molecule has 0 N–H and O–H groups in total. The number of halogens is 1. The summed E-state index contributed by atoms with van der Waals surface area (Å²) in [5.74, 6) is 0.895. The zero-order valence-corrected chi connectivity index (χ0v) is 13.4. The van der Waals surface area contributed by atoms with Crippen LogP contribution in [0, 0.1) is 0 Å². The van der Waals surface area contributed by atoms with Crippen molar-refractivity contribution >= 4 is 11.6 Å². The first-order valence-electron chi connectivity index (χ1n) is 7.66. The maximum Gasteiger partial charge on any atom is 0.119 e. The Kier molecular flexibility index (Phi) is 4.21. The van der Waals surface area contributed by atoms with E-state index in [2.05, 4.69) is 30.3 Å². The van der Waals surface area contributed by atoms with Crippen molar-refractivity contribution in [3.05, 3.63) is 64.7 Å². The van der Waals surface area contributed by atoms with Crippen LogP contribution in [0.15, 0.2) is 42.5 Å². The average Bonchev–Trinajstić information content (AvgIpc) is 2.94. The number of benzene rings is 2. The normalized spacial score (nSPS) is 15.0. The molecule has 0 fully saturated rings. The van der Waals surface area contributed by atoms with E-state index in [0.29, 0.717) is 0 Å². The first kappa shape index (κ1) is 14.5. The predicted octanol–water partition coefficient (Wildman–Crippen LogP) is 5.29. The van der Waals surface area contributed by atoms with Gasteiger partial charge in [-0.1, -0.05) is 30.3 Å². The molecule has 0 amide bonds. The van der Waals surface area contributed by atoms with Crippen molar-refractivity contribution in [3.63, 3.8) is 0 Å². The first-order chi connectivity index (χ1) is 10.1. The Bertz CT molecular complexity index is 616. The van der Waals surface area contributed by atoms with Crippen LogP contribution in [0.5, 0.6) is 5.75 Å². The third kappa shape index (κ3) is 3.24. The van der Waals surface area contributed by atoms with E-state index in [-0.39, 0.29) is 11.5 Å². The topological polar surface area (TPSA) is 9.23 Å². The smallest absolute Gasteiger partial charge is 0.119 e. The van der Waals surface area contributed by atoms with Gasteiger partial charge in [0.05, 0.1) is 11.5 Å². The van der Waals surface area contributed by atoms with Crippen molar-refractivity contribution < 1.29 is 4.74 Å². The summed E-state index contributed by atoms with van der Waals surface area (Å²) in [7, 11) is 0. The maximum atomic E-state index is 6.65. The van der Waals surface area contributed by atoms with Gasteiger partial charge in [0, 0.05) is 0 Å². The molecule has 110 valence electrons. The summed E-state index contributed by atoms with van der Waals surface area (Å²) in [4.78, 5) is 0. The summed E-state index contributed by atoms with van der Waals surface area (Å²) >= 11 is 6.65. The molecule has 0 heterocycles. The molecule has 0 aliphatic heterocycles. The Morgan fingerprint density at radius 3 is 2.29 bits per heavy atom. The molecule has 2 aromatic rings. The van der Waals surface area contributed by atoms with Crippen LogP contribution >= 0.6 is 11.6 Å². The van der Waals surface area contributed by atoms with E-state index in [0.717, 1.165) is 11.3 Å². The zero-order chi connectivity index (χ0) is 14.8. The quantitative estimate of drug-likeness (QED) is 0.697. The van der Waals surface area contributed by atoms with E-state index in [4.69, 9.17) is 16.3 Å². The highest BCUT2D eigenvalue weighted by Crippen LogP contribution is 2.33. The molecule has 1 aliphatic carbocycles. The minimum Gasteiger partial charge on any atom is -0.491 e. The lowest BCUT2D eigenvalue weighted by Gasteiger charge is -2.14. The van der Waals surface area contributed by atoms with Crippen LogP contribution in [-0.2, 0) is 12.8 Å². The monoisotopic (exact) mass is 300 g/mol. The van der Waals surface area contributed by atoms with Crippen LogP contribution in [0.3, 0.4) is 0 Å². The maximum absolute atomic E-state index is 6.65. The molecule has 1 unspecified atom stereocenters. The van der Waals surface area contributed by atoms with Crippen molar-refractivity contribution in [2.75, 3.05) is 0 Å². The molecule has 0 saturated carbocycles. The van der Waals surface area contributed by atoms with Gasteiger partial charge in [0.1, 0.15) is 5.75 Å². The molecule has 0 aromatic heterocycles. The SMILES string of the molecule is CC(C)Oc1ccc(C(Cl)c2ccc3c(c2)CCC3)cc1. The molecule has 1 nitrogen and oxygen atoms in total. The van der Waals surface area contributed by atoms with Crippen LogP contribution < -0.4 is 4.74 Å². The highest BCUT2D eigenvalue weighted by Gasteiger charge is 2.16. The molecular formula is C19H21ClO. The van der Waals surface area contributed by atoms with Gasteiger partial charge in [-0.15, -0.1) is 11.6 Å². The Balaban J connectivity index is 1.79. The highest BCUT2D eigenvalue weighted by atomic mass is 35.5. The van der Waals surface area contributed by atoms with Gasteiger partial charge < -0.3 is 4.74 Å². The van der Waals surface area contributed by atoms with Gasteiger partial charge in [0.2, 0.25) is 0 Å². The first-order valence-corrected chi connectivity index (χ1v) is 8.09. The number of ether oxygens (including phenoxy) is 1. The zero-order valence-electron chi connectivity index (χ0n) is 12.6. The van der Waals surface area contributed by atoms with E-state index in [9.17, 15) is 0 Å². The number of hydrogen-bond donors (Lipinski definition) is 0. The van der Waals surface area contributed by atoms with E-state index in [1.807, 2.05) is 26.0 Å². The number of hydrogen-bond acceptors (Lipinski definition) is 1. The van der Waals surface area contributed by atoms with Crippen molar-refractivity contribution in [3.8, 4) is 5.75 Å². The fourth-order valence-corrected chi connectivity index (χ4v) is 3.21. The summed E-state index contributed by atoms with van der Waals surface area (Å²) < 4.78 is 5.67. The second-order valence-electron chi connectivity index (χ2n) is 5.98. The predicted molar refractivity (Wildman–Crippen MR) is 88.4 cm³/mol. The van der Waals surface area contributed by atoms with E-state index >= 15 is 0 Å². The van der Waals surface area contributed by atoms with Gasteiger partial charge in [0.15, 0.2) is 0 Å². The molecule has 0 saturated heterocycles. The number of aryl methyl sites for hydroxylation is 2. The Hall–Kier alpha value is -1.47. The lowest BCUT2D eigenvalue weighted by molar-refractivity contribution is 0.242. The Morgan fingerprint density at radius 1 is 0.905 bits per heavy atom. The number of rotatable bonds is 4. The third-order valence-corrected chi connectivity index (χ3v) is 4.46. The van der Waals surface area contributed by atoms with E-state index < -0.39 is 0 Å². The summed E-state index contributed by atoms with van der Waals surface area (Å²) in [6.45, 7) is 4.06. The molecular weight excluding hydrogens is 280 g/mol. The fraction of sp³-hybridized carbons (Fsp3) is 0.368. The summed E-state index contributed by atoms with van der Waals surface area (Å²) in [6.07, 6.45) is 3.87. The molecule has 2 aromatic carbocycles. The minimum atomic E-state index is -0.0935. The average molecular weight is 301 g/mol. The summed E-state index contributed by atoms with van der Waals surface area (Å²) in [5.41, 5.74) is 5.27. The Labute approximate surface area is 131 Å². The molecule has 1 aliphatic rings. The van der Waals surface area contributed by atoms with Gasteiger partial charge in [-0.05, 0) is 67.5 Å². The molecule has 1 atom stereocenters. The molecule has 3 rings (SSSR count). The summed E-state index contributed by atoms with van der Waals surface area (Å²) in [6, 6.07) is 14.8. The van der Waals surface area contributed by atoms with Gasteiger partial charge >= 0.3 is 0 Å². The van der Waals surface area contributed by atoms with Crippen molar-refractivity contribution in [1.29, 1.82) is 0 Å². The summed E-state index contributed by atoms with van der Waals surface area (Å²) in [5, 5.41) is -0.0935. The van der Waals surface area contributed by atoms with E-state index in [1.54, 1.807) is 0 Å². The molecule has 2 heteroatoms. The lowest BCUT2D eigenvalue weighted by atomic mass is 10.00. The third-order valence-electron chi connectivity index (χ3n) is 3.96. The van der Waals surface area contributed by atoms with Crippen molar-refractivity contribution in [2.45, 2.75) is 44.6 Å². The van der Waals surface area contributed by atoms with Crippen molar-refractivity contribution in [1.82, 2.24) is 0 Å². The van der Waals surface area contributed by atoms with Gasteiger partial charge in [-0.2, -0.15) is 0 Å². The molecule has 0 radical (unpaired) electrons. The number of fused-ring (bicyclic) bond motifs is 1. The second-order valence-corrected chi connectivity index (χ2v) is 6.42. The largest absolute Gasteiger partial charge is 0.491 e. The fourth-order valence-electron chi connectivity index (χ4n) is 2.93. The van der Waals surface area contributed by atoms with Gasteiger partial charge in [0.25, 0.3) is 0 Å². The van der Waals surface area contributed by atoms with Crippen LogP contribution in [0.4, 0.5) is 0 Å². The van der Waals surface area contributed by atoms with Gasteiger partial charge in [-0.3, -0.25) is 0 Å². The highest BCUT2D eigenvalue weighted by molar-refractivity contribution is 6.22. The van der Waals surface area contributed by atoms with E-state index in [1.165, 1.54) is 36.0 Å². The Morgan fingerprint density at radius 2 is 1.57 bits per heavy atom. The van der Waals surface area contributed by atoms with Gasteiger partial charge in [-0.25, -0.2) is 0 Å². The van der Waals surface area contributed by atoms with Crippen LogP contribution in [0.25, 0.3) is 0 Å². The lowest BCUT2D eigenvalue weighted by Crippen LogP contribution is -2.05. The standard InChI is InChI=1S/C19H21ClO/c1-13(2)21-18-10-8-15(9-11-18)19(20)17-7-6-14-4-3-5-16(14)12-17/h6-13,19H,3-5H2,1-2H3.